The lowest BCUT2D eigenvalue weighted by atomic mass is 10.2. The Morgan fingerprint density at radius 3 is 2.62 bits per heavy atom. The van der Waals surface area contributed by atoms with Crippen LogP contribution in [0.1, 0.15) is 16.2 Å². The van der Waals surface area contributed by atoms with Crippen LogP contribution in [0.5, 0.6) is 0 Å². The maximum Gasteiger partial charge on any atom is 0.289 e. The second kappa shape index (κ2) is 7.77. The van der Waals surface area contributed by atoms with Crippen LogP contribution in [0.25, 0.3) is 21.0 Å². The molecule has 5 rings (SSSR count). The SMILES string of the molecule is O=C(c1ccc(-c2nc3ccccc3s2)o1)N1CCN(Cc2ccccn2)CC1. The van der Waals surface area contributed by atoms with Crippen molar-refractivity contribution < 1.29 is 9.21 Å². The molecule has 3 aromatic heterocycles. The number of carbonyl (C=O) groups excluding carboxylic acids is 1. The topological polar surface area (TPSA) is 62.5 Å². The number of rotatable bonds is 4. The fraction of sp³-hybridized carbons (Fsp3) is 0.227. The van der Waals surface area contributed by atoms with Gasteiger partial charge in [-0.3, -0.25) is 14.7 Å². The minimum Gasteiger partial charge on any atom is -0.448 e. The van der Waals surface area contributed by atoms with Gasteiger partial charge in [-0.2, -0.15) is 0 Å². The molecule has 146 valence electrons. The number of hydrogen-bond donors (Lipinski definition) is 0. The Labute approximate surface area is 172 Å². The minimum atomic E-state index is -0.0603. The second-order valence-corrected chi connectivity index (χ2v) is 8.07. The molecular formula is C22H20N4O2S. The largest absolute Gasteiger partial charge is 0.448 e. The Kier molecular flexibility index (Phi) is 4.83. The van der Waals surface area contributed by atoms with Gasteiger partial charge in [-0.25, -0.2) is 4.98 Å². The highest BCUT2D eigenvalue weighted by Crippen LogP contribution is 2.31. The Balaban J connectivity index is 1.24. The van der Waals surface area contributed by atoms with Gasteiger partial charge in [0.2, 0.25) is 0 Å². The summed E-state index contributed by atoms with van der Waals surface area (Å²) in [4.78, 5) is 26.0. The van der Waals surface area contributed by atoms with Crippen molar-refractivity contribution in [2.75, 3.05) is 26.2 Å². The van der Waals surface area contributed by atoms with Crippen molar-refractivity contribution in [2.45, 2.75) is 6.54 Å². The zero-order chi connectivity index (χ0) is 19.6. The molecule has 1 amide bonds. The molecule has 0 spiro atoms. The number of fused-ring (bicyclic) bond motifs is 1. The predicted molar refractivity (Wildman–Crippen MR) is 113 cm³/mol. The van der Waals surface area contributed by atoms with Crippen LogP contribution >= 0.6 is 11.3 Å². The van der Waals surface area contributed by atoms with Crippen molar-refractivity contribution in [2.24, 2.45) is 0 Å². The van der Waals surface area contributed by atoms with Gasteiger partial charge in [0, 0.05) is 38.9 Å². The van der Waals surface area contributed by atoms with Gasteiger partial charge in [0.15, 0.2) is 16.5 Å². The third-order valence-electron chi connectivity index (χ3n) is 5.09. The summed E-state index contributed by atoms with van der Waals surface area (Å²) in [6.45, 7) is 3.83. The van der Waals surface area contributed by atoms with Gasteiger partial charge >= 0.3 is 0 Å². The number of aromatic nitrogens is 2. The number of hydrogen-bond acceptors (Lipinski definition) is 6. The molecule has 1 fully saturated rings. The van der Waals surface area contributed by atoms with Gasteiger partial charge in [-0.15, -0.1) is 11.3 Å². The Bertz CT molecular complexity index is 1100. The zero-order valence-corrected chi connectivity index (χ0v) is 16.6. The summed E-state index contributed by atoms with van der Waals surface area (Å²) in [6, 6.07) is 17.5. The summed E-state index contributed by atoms with van der Waals surface area (Å²) in [5, 5.41) is 0.797. The highest BCUT2D eigenvalue weighted by molar-refractivity contribution is 7.21. The third kappa shape index (κ3) is 3.79. The predicted octanol–water partition coefficient (Wildman–Crippen LogP) is 3.91. The Morgan fingerprint density at radius 1 is 1.00 bits per heavy atom. The van der Waals surface area contributed by atoms with Crippen LogP contribution in [0.4, 0.5) is 0 Å². The number of piperazine rings is 1. The number of para-hydroxylation sites is 1. The van der Waals surface area contributed by atoms with Crippen LogP contribution in [0, 0.1) is 0 Å². The highest BCUT2D eigenvalue weighted by atomic mass is 32.1. The van der Waals surface area contributed by atoms with Crippen molar-refractivity contribution >= 4 is 27.5 Å². The summed E-state index contributed by atoms with van der Waals surface area (Å²) < 4.78 is 6.98. The molecule has 0 saturated carbocycles. The fourth-order valence-electron chi connectivity index (χ4n) is 3.53. The molecule has 1 aliphatic rings. The smallest absolute Gasteiger partial charge is 0.289 e. The molecule has 0 radical (unpaired) electrons. The lowest BCUT2D eigenvalue weighted by molar-refractivity contribution is 0.0597. The van der Waals surface area contributed by atoms with E-state index in [-0.39, 0.29) is 5.91 Å². The first-order valence-corrected chi connectivity index (χ1v) is 10.5. The average Bonchev–Trinajstić information content (AvgIpc) is 3.42. The van der Waals surface area contributed by atoms with E-state index in [4.69, 9.17) is 4.42 Å². The molecule has 1 aromatic carbocycles. The van der Waals surface area contributed by atoms with E-state index in [1.165, 1.54) is 0 Å². The van der Waals surface area contributed by atoms with Crippen molar-refractivity contribution in [3.8, 4) is 10.8 Å². The van der Waals surface area contributed by atoms with Crippen molar-refractivity contribution in [3.63, 3.8) is 0 Å². The van der Waals surface area contributed by atoms with Crippen LogP contribution < -0.4 is 0 Å². The molecule has 6 nitrogen and oxygen atoms in total. The quantitative estimate of drug-likeness (QED) is 0.516. The van der Waals surface area contributed by atoms with E-state index in [1.807, 2.05) is 59.6 Å². The highest BCUT2D eigenvalue weighted by Gasteiger charge is 2.25. The molecular weight excluding hydrogens is 384 g/mol. The van der Waals surface area contributed by atoms with Gasteiger partial charge in [-0.05, 0) is 36.4 Å². The summed E-state index contributed by atoms with van der Waals surface area (Å²) in [7, 11) is 0. The lowest BCUT2D eigenvalue weighted by Crippen LogP contribution is -2.48. The zero-order valence-electron chi connectivity index (χ0n) is 15.8. The monoisotopic (exact) mass is 404 g/mol. The average molecular weight is 404 g/mol. The van der Waals surface area contributed by atoms with Gasteiger partial charge < -0.3 is 9.32 Å². The first kappa shape index (κ1) is 18.0. The van der Waals surface area contributed by atoms with E-state index in [2.05, 4.69) is 14.9 Å². The molecule has 1 aliphatic heterocycles. The number of benzene rings is 1. The van der Waals surface area contributed by atoms with Crippen LogP contribution in [0.3, 0.4) is 0 Å². The van der Waals surface area contributed by atoms with Crippen LogP contribution in [-0.2, 0) is 6.54 Å². The molecule has 0 unspecified atom stereocenters. The molecule has 0 atom stereocenters. The van der Waals surface area contributed by atoms with E-state index >= 15 is 0 Å². The second-order valence-electron chi connectivity index (χ2n) is 7.04. The van der Waals surface area contributed by atoms with E-state index in [9.17, 15) is 4.79 Å². The number of pyridine rings is 1. The van der Waals surface area contributed by atoms with Crippen LogP contribution in [0.15, 0.2) is 65.2 Å². The maximum atomic E-state index is 12.9. The molecule has 29 heavy (non-hydrogen) atoms. The molecule has 0 bridgehead atoms. The Morgan fingerprint density at radius 2 is 1.83 bits per heavy atom. The fourth-order valence-corrected chi connectivity index (χ4v) is 4.46. The van der Waals surface area contributed by atoms with E-state index < -0.39 is 0 Å². The van der Waals surface area contributed by atoms with Gasteiger partial charge in [0.05, 0.1) is 15.9 Å². The number of carbonyl (C=O) groups is 1. The summed E-state index contributed by atoms with van der Waals surface area (Å²) in [6.07, 6.45) is 1.81. The van der Waals surface area contributed by atoms with E-state index in [0.29, 0.717) is 24.6 Å². The van der Waals surface area contributed by atoms with Crippen molar-refractivity contribution in [3.05, 3.63) is 72.2 Å². The van der Waals surface area contributed by atoms with E-state index in [1.54, 1.807) is 17.4 Å². The maximum absolute atomic E-state index is 12.9. The van der Waals surface area contributed by atoms with Gasteiger partial charge in [0.25, 0.3) is 5.91 Å². The first-order chi connectivity index (χ1) is 14.3. The third-order valence-corrected chi connectivity index (χ3v) is 6.14. The van der Waals surface area contributed by atoms with Gasteiger partial charge in [0.1, 0.15) is 0 Å². The molecule has 4 aromatic rings. The first-order valence-electron chi connectivity index (χ1n) is 9.63. The molecule has 7 heteroatoms. The Hall–Kier alpha value is -3.03. The van der Waals surface area contributed by atoms with Crippen LogP contribution in [0.2, 0.25) is 0 Å². The number of thiazole rings is 1. The van der Waals surface area contributed by atoms with Crippen LogP contribution in [-0.4, -0.2) is 51.9 Å². The molecule has 1 saturated heterocycles. The number of amides is 1. The normalized spacial score (nSPS) is 15.1. The lowest BCUT2D eigenvalue weighted by Gasteiger charge is -2.34. The van der Waals surface area contributed by atoms with Gasteiger partial charge in [-0.1, -0.05) is 18.2 Å². The van der Waals surface area contributed by atoms with Crippen molar-refractivity contribution in [1.82, 2.24) is 19.8 Å². The molecule has 0 aliphatic carbocycles. The molecule has 0 N–H and O–H groups in total. The summed E-state index contributed by atoms with van der Waals surface area (Å²) >= 11 is 1.57. The standard InChI is InChI=1S/C22H20N4O2S/c27-22(26-13-11-25(12-14-26)15-16-5-3-4-10-23-16)19-9-8-18(28-19)21-24-17-6-1-2-7-20(17)29-21/h1-10H,11-15H2. The minimum absolute atomic E-state index is 0.0603. The summed E-state index contributed by atoms with van der Waals surface area (Å²) in [5.41, 5.74) is 2.00. The summed E-state index contributed by atoms with van der Waals surface area (Å²) in [5.74, 6) is 0.954. The van der Waals surface area contributed by atoms with Crippen molar-refractivity contribution in [1.29, 1.82) is 0 Å². The number of nitrogens with zero attached hydrogens (tertiary/aromatic N) is 4. The molecule has 4 heterocycles. The van der Waals surface area contributed by atoms with E-state index in [0.717, 1.165) is 40.6 Å². The number of furan rings is 1.